The number of rotatable bonds is 3. The van der Waals surface area contributed by atoms with Gasteiger partial charge in [0.05, 0.1) is 5.52 Å². The molecule has 10 heteroatoms. The molecule has 10 nitrogen and oxygen atoms in total. The molecule has 1 aromatic carbocycles. The minimum Gasteiger partial charge on any atom is -0.488 e. The van der Waals surface area contributed by atoms with Crippen LogP contribution in [0.15, 0.2) is 23.0 Å². The summed E-state index contributed by atoms with van der Waals surface area (Å²) in [6.07, 6.45) is 1.87. The van der Waals surface area contributed by atoms with E-state index in [1.54, 1.807) is 18.0 Å². The van der Waals surface area contributed by atoms with Crippen LogP contribution in [-0.2, 0) is 21.4 Å². The molecule has 5 rings (SSSR count). The Morgan fingerprint density at radius 1 is 1.09 bits per heavy atom. The molecular formula is C25H32N4O6. The van der Waals surface area contributed by atoms with E-state index in [4.69, 9.17) is 9.47 Å². The average Bonchev–Trinajstić information content (AvgIpc) is 2.97. The number of hydrogen-bond acceptors (Lipinski definition) is 6. The molecule has 35 heavy (non-hydrogen) atoms. The second-order valence-electron chi connectivity index (χ2n) is 11.2. The third-order valence-corrected chi connectivity index (χ3v) is 7.32. The summed E-state index contributed by atoms with van der Waals surface area (Å²) in [5.41, 5.74) is 0.497. The zero-order valence-electron chi connectivity index (χ0n) is 20.9. The van der Waals surface area contributed by atoms with E-state index in [1.165, 1.54) is 16.2 Å². The quantitative estimate of drug-likeness (QED) is 0.620. The number of imide groups is 1. The van der Waals surface area contributed by atoms with Gasteiger partial charge in [-0.05, 0) is 52.2 Å². The number of likely N-dealkylation sites (N-methyl/N-ethyl adjacent to an activating group) is 1. The van der Waals surface area contributed by atoms with E-state index in [0.29, 0.717) is 36.3 Å². The molecule has 1 aromatic heterocycles. The minimum absolute atomic E-state index is 0.0140. The van der Waals surface area contributed by atoms with Gasteiger partial charge >= 0.3 is 11.8 Å². The summed E-state index contributed by atoms with van der Waals surface area (Å²) >= 11 is 0. The SMILES string of the molecule is CN1C(=O)CCC(n2c(=O)n(C)c3c(OC4CC5(C4)CN(C(=O)OC(C)(C)C)C5)cccc32)C1=O. The number of nitrogens with zero attached hydrogens (tertiary/aromatic N) is 4. The lowest BCUT2D eigenvalue weighted by Crippen LogP contribution is -2.66. The molecule has 2 saturated heterocycles. The number of para-hydroxylation sites is 1. The molecule has 1 aliphatic carbocycles. The highest BCUT2D eigenvalue weighted by Crippen LogP contribution is 2.50. The third kappa shape index (κ3) is 3.88. The largest absolute Gasteiger partial charge is 0.488 e. The number of aryl methyl sites for hydroxylation is 1. The number of benzene rings is 1. The van der Waals surface area contributed by atoms with Crippen LogP contribution in [-0.4, -0.2) is 68.7 Å². The van der Waals surface area contributed by atoms with Crippen molar-refractivity contribution in [2.45, 2.75) is 64.2 Å². The number of amides is 3. The lowest BCUT2D eigenvalue weighted by atomic mass is 9.62. The van der Waals surface area contributed by atoms with Crippen molar-refractivity contribution in [2.75, 3.05) is 20.1 Å². The Bertz CT molecular complexity index is 1270. The van der Waals surface area contributed by atoms with Gasteiger partial charge < -0.3 is 14.4 Å². The molecule has 1 atom stereocenters. The van der Waals surface area contributed by atoms with Crippen LogP contribution in [0.2, 0.25) is 0 Å². The van der Waals surface area contributed by atoms with Gasteiger partial charge in [-0.25, -0.2) is 9.59 Å². The van der Waals surface area contributed by atoms with Gasteiger partial charge in [-0.3, -0.25) is 23.6 Å². The second-order valence-corrected chi connectivity index (χ2v) is 11.2. The van der Waals surface area contributed by atoms with Crippen molar-refractivity contribution in [3.8, 4) is 5.75 Å². The first-order valence-electron chi connectivity index (χ1n) is 12.0. The molecule has 1 spiro atoms. The first-order valence-corrected chi connectivity index (χ1v) is 12.0. The lowest BCUT2D eigenvalue weighted by molar-refractivity contribution is -0.149. The number of fused-ring (bicyclic) bond motifs is 1. The van der Waals surface area contributed by atoms with E-state index in [-0.39, 0.29) is 41.5 Å². The molecule has 0 bridgehead atoms. The number of imidazole rings is 1. The van der Waals surface area contributed by atoms with E-state index >= 15 is 0 Å². The molecule has 0 radical (unpaired) electrons. The number of carbonyl (C=O) groups is 3. The summed E-state index contributed by atoms with van der Waals surface area (Å²) in [4.78, 5) is 52.9. The molecule has 3 fully saturated rings. The average molecular weight is 485 g/mol. The Balaban J connectivity index is 1.31. The second kappa shape index (κ2) is 7.86. The Kier molecular flexibility index (Phi) is 5.26. The van der Waals surface area contributed by atoms with Crippen LogP contribution in [0.25, 0.3) is 11.0 Å². The normalized spacial score (nSPS) is 22.4. The summed E-state index contributed by atoms with van der Waals surface area (Å²) in [5, 5.41) is 0. The highest BCUT2D eigenvalue weighted by molar-refractivity contribution is 6.00. The number of aromatic nitrogens is 2. The zero-order chi connectivity index (χ0) is 25.3. The summed E-state index contributed by atoms with van der Waals surface area (Å²) in [6.45, 7) is 6.90. The van der Waals surface area contributed by atoms with Gasteiger partial charge in [0.2, 0.25) is 5.91 Å². The van der Waals surface area contributed by atoms with Crippen molar-refractivity contribution in [1.29, 1.82) is 0 Å². The van der Waals surface area contributed by atoms with Crippen molar-refractivity contribution < 1.29 is 23.9 Å². The Morgan fingerprint density at radius 3 is 2.43 bits per heavy atom. The molecule has 188 valence electrons. The molecule has 2 aliphatic heterocycles. The van der Waals surface area contributed by atoms with E-state index < -0.39 is 11.6 Å². The van der Waals surface area contributed by atoms with Gasteiger partial charge in [-0.1, -0.05) is 6.07 Å². The summed E-state index contributed by atoms with van der Waals surface area (Å²) < 4.78 is 14.8. The van der Waals surface area contributed by atoms with Crippen LogP contribution in [0.1, 0.15) is 52.5 Å². The Morgan fingerprint density at radius 2 is 1.77 bits per heavy atom. The van der Waals surface area contributed by atoms with E-state index in [2.05, 4.69) is 0 Å². The van der Waals surface area contributed by atoms with Crippen molar-refractivity contribution in [3.05, 3.63) is 28.7 Å². The maximum atomic E-state index is 13.2. The van der Waals surface area contributed by atoms with E-state index in [1.807, 2.05) is 32.9 Å². The topological polar surface area (TPSA) is 103 Å². The smallest absolute Gasteiger partial charge is 0.410 e. The third-order valence-electron chi connectivity index (χ3n) is 7.32. The summed E-state index contributed by atoms with van der Waals surface area (Å²) in [5.74, 6) is -0.0111. The highest BCUT2D eigenvalue weighted by Gasteiger charge is 2.55. The van der Waals surface area contributed by atoms with Crippen molar-refractivity contribution in [1.82, 2.24) is 18.9 Å². The van der Waals surface area contributed by atoms with Crippen molar-refractivity contribution >= 4 is 28.9 Å². The van der Waals surface area contributed by atoms with Crippen LogP contribution in [0.5, 0.6) is 5.75 Å². The van der Waals surface area contributed by atoms with Crippen LogP contribution in [0, 0.1) is 5.41 Å². The van der Waals surface area contributed by atoms with Gasteiger partial charge in [0.15, 0.2) is 0 Å². The molecule has 3 amide bonds. The Labute approximate surface area is 203 Å². The fourth-order valence-electron chi connectivity index (χ4n) is 5.58. The number of hydrogen-bond donors (Lipinski definition) is 0. The van der Waals surface area contributed by atoms with Gasteiger partial charge in [0.25, 0.3) is 5.91 Å². The first-order chi connectivity index (χ1) is 16.4. The highest BCUT2D eigenvalue weighted by atomic mass is 16.6. The lowest BCUT2D eigenvalue weighted by Gasteiger charge is -2.58. The van der Waals surface area contributed by atoms with Crippen molar-refractivity contribution in [2.24, 2.45) is 12.5 Å². The number of carbonyl (C=O) groups excluding carboxylic acids is 3. The molecule has 3 heterocycles. The van der Waals surface area contributed by atoms with Gasteiger partial charge in [0, 0.05) is 39.0 Å². The predicted molar refractivity (Wildman–Crippen MR) is 127 cm³/mol. The maximum absolute atomic E-state index is 13.2. The summed E-state index contributed by atoms with van der Waals surface area (Å²) in [7, 11) is 3.13. The number of likely N-dealkylation sites (tertiary alicyclic amines) is 2. The zero-order valence-corrected chi connectivity index (χ0v) is 20.9. The Hall–Kier alpha value is -3.30. The molecule has 1 unspecified atom stereocenters. The van der Waals surface area contributed by atoms with Gasteiger partial charge in [-0.2, -0.15) is 0 Å². The van der Waals surface area contributed by atoms with Crippen molar-refractivity contribution in [3.63, 3.8) is 0 Å². The van der Waals surface area contributed by atoms with Crippen LogP contribution >= 0.6 is 0 Å². The molecule has 1 saturated carbocycles. The molecule has 2 aromatic rings. The number of piperidine rings is 1. The monoisotopic (exact) mass is 484 g/mol. The van der Waals surface area contributed by atoms with Crippen LogP contribution < -0.4 is 10.4 Å². The summed E-state index contributed by atoms with van der Waals surface area (Å²) in [6, 6.07) is 4.74. The number of ether oxygens (including phenoxy) is 2. The molecule has 3 aliphatic rings. The molecular weight excluding hydrogens is 452 g/mol. The predicted octanol–water partition coefficient (Wildman–Crippen LogP) is 2.44. The van der Waals surface area contributed by atoms with E-state index in [9.17, 15) is 19.2 Å². The first kappa shape index (κ1) is 23.4. The van der Waals surface area contributed by atoms with Crippen LogP contribution in [0.4, 0.5) is 4.79 Å². The van der Waals surface area contributed by atoms with E-state index in [0.717, 1.165) is 17.7 Å². The fourth-order valence-corrected chi connectivity index (χ4v) is 5.58. The standard InChI is InChI=1S/C25H32N4O6/c1-24(2,3)35-23(33)28-13-25(14-28)11-15(12-25)34-18-8-6-7-16-20(18)27(5)22(32)29(16)17-9-10-19(30)26(4)21(17)31/h6-8,15,17H,9-14H2,1-5H3. The van der Waals surface area contributed by atoms with Gasteiger partial charge in [0.1, 0.15) is 29.0 Å². The maximum Gasteiger partial charge on any atom is 0.410 e. The van der Waals surface area contributed by atoms with Crippen LogP contribution in [0.3, 0.4) is 0 Å². The fraction of sp³-hybridized carbons (Fsp3) is 0.600. The molecule has 0 N–H and O–H groups in total. The van der Waals surface area contributed by atoms with Gasteiger partial charge in [-0.15, -0.1) is 0 Å². The minimum atomic E-state index is -0.718.